The molecule has 0 aromatic rings. The number of rotatable bonds is 1. The molecule has 2 nitrogen and oxygen atoms in total. The first-order valence-corrected chi connectivity index (χ1v) is 3.91. The first-order chi connectivity index (χ1) is 2.56. The lowest BCUT2D eigenvalue weighted by molar-refractivity contribution is 0.679. The van der Waals surface area contributed by atoms with Crippen LogP contribution >= 0.6 is 0 Å². The highest BCUT2D eigenvalue weighted by atomic mass is 32.2. The molecule has 0 heterocycles. The van der Waals surface area contributed by atoms with Crippen molar-refractivity contribution in [3.8, 4) is 0 Å². The summed E-state index contributed by atoms with van der Waals surface area (Å²) in [6.45, 7) is 1.75. The molecule has 0 radical (unpaired) electrons. The van der Waals surface area contributed by atoms with Gasteiger partial charge in [-0.3, -0.25) is 8.99 Å². The van der Waals surface area contributed by atoms with Crippen LogP contribution < -0.4 is 0 Å². The number of hydrogen-bond donors (Lipinski definition) is 1. The van der Waals surface area contributed by atoms with Crippen LogP contribution in [0.4, 0.5) is 0 Å². The van der Waals surface area contributed by atoms with Gasteiger partial charge in [0.15, 0.2) is 0 Å². The summed E-state index contributed by atoms with van der Waals surface area (Å²) in [4.78, 5) is 0. The Morgan fingerprint density at radius 1 is 1.83 bits per heavy atom. The molecule has 1 atom stereocenters. The summed E-state index contributed by atoms with van der Waals surface area (Å²) in [6.07, 6.45) is 1.44. The van der Waals surface area contributed by atoms with E-state index in [4.69, 9.17) is 4.78 Å². The lowest BCUT2D eigenvalue weighted by Crippen LogP contribution is -1.94. The zero-order valence-electron chi connectivity index (χ0n) is 4.02. The second-order valence-corrected chi connectivity index (χ2v) is 3.88. The molecule has 0 saturated carbocycles. The van der Waals surface area contributed by atoms with E-state index in [0.717, 1.165) is 0 Å². The second-order valence-electron chi connectivity index (χ2n) is 1.29. The summed E-state index contributed by atoms with van der Waals surface area (Å²) in [5.74, 6) is 0.465. The Labute approximate surface area is 38.5 Å². The van der Waals surface area contributed by atoms with Crippen LogP contribution in [-0.2, 0) is 9.73 Å². The average Bonchev–Trinajstić information content (AvgIpc) is 1.35. The topological polar surface area (TPSA) is 40.9 Å². The van der Waals surface area contributed by atoms with E-state index >= 15 is 0 Å². The Bertz CT molecular complexity index is 113. The van der Waals surface area contributed by atoms with E-state index in [2.05, 4.69) is 0 Å². The average molecular weight is 107 g/mol. The first-order valence-electron chi connectivity index (χ1n) is 1.77. The van der Waals surface area contributed by atoms with Crippen molar-refractivity contribution in [2.45, 2.75) is 6.92 Å². The largest absolute Gasteiger partial charge is 0.253 e. The van der Waals surface area contributed by atoms with E-state index in [1.165, 1.54) is 6.26 Å². The lowest BCUT2D eigenvalue weighted by atomic mass is 11.0. The maximum atomic E-state index is 10.2. The molecule has 3 heteroatoms. The van der Waals surface area contributed by atoms with Crippen molar-refractivity contribution in [3.05, 3.63) is 0 Å². The van der Waals surface area contributed by atoms with Crippen molar-refractivity contribution in [2.75, 3.05) is 12.0 Å². The summed E-state index contributed by atoms with van der Waals surface area (Å²) < 4.78 is 16.9. The van der Waals surface area contributed by atoms with E-state index in [1.807, 2.05) is 0 Å². The van der Waals surface area contributed by atoms with Gasteiger partial charge in [-0.25, -0.2) is 0 Å². The molecule has 0 aliphatic carbocycles. The molecule has 0 saturated heterocycles. The Hall–Kier alpha value is -0.0500. The highest BCUT2D eigenvalue weighted by molar-refractivity contribution is 7.91. The van der Waals surface area contributed by atoms with Crippen molar-refractivity contribution < 1.29 is 4.21 Å². The SMILES string of the molecule is CCS(C)(=N)=O. The van der Waals surface area contributed by atoms with Crippen LogP contribution in [0.5, 0.6) is 0 Å². The summed E-state index contributed by atoms with van der Waals surface area (Å²) in [6, 6.07) is 0. The molecule has 0 rings (SSSR count). The van der Waals surface area contributed by atoms with E-state index in [1.54, 1.807) is 6.92 Å². The number of hydrogen-bond acceptors (Lipinski definition) is 2. The molecule has 0 spiro atoms. The standard InChI is InChI=1S/C3H9NOS/c1-3-6(2,4)5/h4H,3H2,1-2H3. The van der Waals surface area contributed by atoms with Crippen molar-refractivity contribution in [3.63, 3.8) is 0 Å². The molecule has 0 amide bonds. The molecule has 1 unspecified atom stereocenters. The van der Waals surface area contributed by atoms with Gasteiger partial charge in [0.1, 0.15) is 0 Å². The first kappa shape index (κ1) is 5.95. The Morgan fingerprint density at radius 3 is 2.00 bits per heavy atom. The lowest BCUT2D eigenvalue weighted by Gasteiger charge is -1.86. The molecule has 0 fully saturated rings. The predicted molar refractivity (Wildman–Crippen MR) is 27.3 cm³/mol. The van der Waals surface area contributed by atoms with Crippen LogP contribution in [0.1, 0.15) is 6.92 Å². The molecule has 0 aromatic heterocycles. The molecule has 0 aliphatic rings. The van der Waals surface area contributed by atoms with Gasteiger partial charge >= 0.3 is 0 Å². The second kappa shape index (κ2) is 1.60. The molecular weight excluding hydrogens is 98.1 g/mol. The summed E-state index contributed by atoms with van der Waals surface area (Å²) in [5, 5.41) is 0. The third-order valence-electron chi connectivity index (χ3n) is 0.551. The van der Waals surface area contributed by atoms with Crippen molar-refractivity contribution >= 4 is 9.73 Å². The fraction of sp³-hybridized carbons (Fsp3) is 1.00. The van der Waals surface area contributed by atoms with Crippen LogP contribution in [0.3, 0.4) is 0 Å². The molecule has 1 N–H and O–H groups in total. The van der Waals surface area contributed by atoms with Gasteiger partial charge in [0.2, 0.25) is 0 Å². The van der Waals surface area contributed by atoms with Gasteiger partial charge in [-0.15, -0.1) is 0 Å². The van der Waals surface area contributed by atoms with Crippen molar-refractivity contribution in [1.29, 1.82) is 4.78 Å². The zero-order valence-corrected chi connectivity index (χ0v) is 4.84. The van der Waals surface area contributed by atoms with Gasteiger partial charge < -0.3 is 0 Å². The summed E-state index contributed by atoms with van der Waals surface area (Å²) in [5.41, 5.74) is 0. The van der Waals surface area contributed by atoms with Crippen LogP contribution in [-0.4, -0.2) is 16.2 Å². The Balaban J connectivity index is 3.85. The Kier molecular flexibility index (Phi) is 1.59. The molecule has 0 bridgehead atoms. The van der Waals surface area contributed by atoms with E-state index in [9.17, 15) is 4.21 Å². The smallest absolute Gasteiger partial charge is 0.0409 e. The number of nitrogens with one attached hydrogen (secondary N) is 1. The van der Waals surface area contributed by atoms with Crippen LogP contribution in [0.15, 0.2) is 0 Å². The molecule has 6 heavy (non-hydrogen) atoms. The van der Waals surface area contributed by atoms with Gasteiger partial charge in [0.25, 0.3) is 0 Å². The molecule has 38 valence electrons. The highest BCUT2D eigenvalue weighted by Gasteiger charge is 1.85. The Morgan fingerprint density at radius 2 is 2.00 bits per heavy atom. The summed E-state index contributed by atoms with van der Waals surface area (Å²) >= 11 is 0. The van der Waals surface area contributed by atoms with E-state index in [0.29, 0.717) is 5.75 Å². The van der Waals surface area contributed by atoms with Gasteiger partial charge in [-0.2, -0.15) is 0 Å². The van der Waals surface area contributed by atoms with Crippen molar-refractivity contribution in [1.82, 2.24) is 0 Å². The maximum Gasteiger partial charge on any atom is 0.0409 e. The minimum atomic E-state index is -2.16. The highest BCUT2D eigenvalue weighted by Crippen LogP contribution is 1.77. The van der Waals surface area contributed by atoms with E-state index < -0.39 is 9.73 Å². The third kappa shape index (κ3) is 3.95. The van der Waals surface area contributed by atoms with Gasteiger partial charge in [-0.1, -0.05) is 6.92 Å². The maximum absolute atomic E-state index is 10.2. The predicted octanol–water partition coefficient (Wildman–Crippen LogP) is 0.683. The van der Waals surface area contributed by atoms with E-state index in [-0.39, 0.29) is 0 Å². The normalized spacial score (nSPS) is 19.7. The minimum absolute atomic E-state index is 0.465. The van der Waals surface area contributed by atoms with Crippen LogP contribution in [0.2, 0.25) is 0 Å². The quantitative estimate of drug-likeness (QED) is 0.526. The summed E-state index contributed by atoms with van der Waals surface area (Å²) in [7, 11) is -2.16. The van der Waals surface area contributed by atoms with Gasteiger partial charge in [0, 0.05) is 21.7 Å². The molecule has 0 aromatic carbocycles. The third-order valence-corrected chi connectivity index (χ3v) is 1.65. The van der Waals surface area contributed by atoms with Crippen LogP contribution in [0, 0.1) is 4.78 Å². The molecule has 0 aliphatic heterocycles. The minimum Gasteiger partial charge on any atom is -0.253 e. The van der Waals surface area contributed by atoms with Gasteiger partial charge in [-0.05, 0) is 0 Å². The fourth-order valence-corrected chi connectivity index (χ4v) is 0. The zero-order chi connectivity index (χ0) is 5.21. The van der Waals surface area contributed by atoms with Crippen LogP contribution in [0.25, 0.3) is 0 Å². The monoisotopic (exact) mass is 107 g/mol. The van der Waals surface area contributed by atoms with Gasteiger partial charge in [0.05, 0.1) is 0 Å². The molecular formula is C3H9NOS. The fourth-order valence-electron chi connectivity index (χ4n) is 0. The van der Waals surface area contributed by atoms with Crippen molar-refractivity contribution in [2.24, 2.45) is 0 Å².